The van der Waals surface area contributed by atoms with E-state index in [0.717, 1.165) is 10.4 Å². The highest BCUT2D eigenvalue weighted by Gasteiger charge is 1.98. The zero-order valence-electron chi connectivity index (χ0n) is 10.0. The first-order chi connectivity index (χ1) is 9.24. The maximum absolute atomic E-state index is 11.5. The van der Waals surface area contributed by atoms with Crippen LogP contribution >= 0.6 is 22.9 Å². The quantitative estimate of drug-likeness (QED) is 0.675. The van der Waals surface area contributed by atoms with Gasteiger partial charge in [-0.05, 0) is 23.8 Å². The Morgan fingerprint density at radius 3 is 2.74 bits per heavy atom. The maximum atomic E-state index is 11.5. The molecule has 19 heavy (non-hydrogen) atoms. The van der Waals surface area contributed by atoms with Crippen LogP contribution in [0, 0.1) is 0 Å². The van der Waals surface area contributed by atoms with Gasteiger partial charge in [0.15, 0.2) is 0 Å². The topological polar surface area (TPSA) is 38.3 Å². The van der Waals surface area contributed by atoms with Crippen LogP contribution in [0.25, 0.3) is 6.08 Å². The second kappa shape index (κ2) is 7.09. The van der Waals surface area contributed by atoms with Crippen molar-refractivity contribution in [3.63, 3.8) is 0 Å². The molecule has 0 saturated carbocycles. The van der Waals surface area contributed by atoms with E-state index >= 15 is 0 Å². The van der Waals surface area contributed by atoms with Gasteiger partial charge in [-0.25, -0.2) is 5.48 Å². The van der Waals surface area contributed by atoms with E-state index in [9.17, 15) is 4.79 Å². The van der Waals surface area contributed by atoms with Gasteiger partial charge in [-0.3, -0.25) is 9.63 Å². The van der Waals surface area contributed by atoms with Crippen molar-refractivity contribution in [2.75, 3.05) is 0 Å². The third-order valence-electron chi connectivity index (χ3n) is 2.25. The normalized spacial score (nSPS) is 10.8. The van der Waals surface area contributed by atoms with E-state index in [0.29, 0.717) is 10.9 Å². The molecule has 1 amide bonds. The third-order valence-corrected chi connectivity index (χ3v) is 3.44. The molecule has 1 aromatic heterocycles. The van der Waals surface area contributed by atoms with Gasteiger partial charge >= 0.3 is 0 Å². The fourth-order valence-corrected chi connectivity index (χ4v) is 2.34. The molecule has 2 rings (SSSR count). The lowest BCUT2D eigenvalue weighted by molar-refractivity contribution is -0.129. The van der Waals surface area contributed by atoms with Gasteiger partial charge in [0.05, 0.1) is 10.9 Å². The highest BCUT2D eigenvalue weighted by atomic mass is 35.5. The van der Waals surface area contributed by atoms with Gasteiger partial charge < -0.3 is 0 Å². The van der Waals surface area contributed by atoms with Gasteiger partial charge in [-0.1, -0.05) is 41.9 Å². The number of amides is 1. The van der Waals surface area contributed by atoms with Crippen LogP contribution in [-0.4, -0.2) is 5.91 Å². The minimum Gasteiger partial charge on any atom is -0.269 e. The van der Waals surface area contributed by atoms with E-state index in [1.165, 1.54) is 17.4 Å². The number of hydroxylamine groups is 1. The summed E-state index contributed by atoms with van der Waals surface area (Å²) < 4.78 is 0.695. The average molecular weight is 294 g/mol. The molecule has 0 saturated heterocycles. The Morgan fingerprint density at radius 2 is 2.05 bits per heavy atom. The van der Waals surface area contributed by atoms with E-state index in [1.54, 1.807) is 12.1 Å². The van der Waals surface area contributed by atoms with Crippen LogP contribution < -0.4 is 5.48 Å². The molecule has 0 fully saturated rings. The number of hydrogen-bond acceptors (Lipinski definition) is 3. The minimum atomic E-state index is -0.305. The summed E-state index contributed by atoms with van der Waals surface area (Å²) in [5.41, 5.74) is 3.35. The van der Waals surface area contributed by atoms with Crippen LogP contribution in [0.4, 0.5) is 0 Å². The first-order valence-corrected chi connectivity index (χ1v) is 6.82. The Kier molecular flexibility index (Phi) is 5.15. The molecular weight excluding hydrogens is 282 g/mol. The Hall–Kier alpha value is -1.62. The predicted octanol–water partition coefficient (Wildman–Crippen LogP) is 3.66. The number of hydrogen-bond donors (Lipinski definition) is 1. The van der Waals surface area contributed by atoms with E-state index < -0.39 is 0 Å². The van der Waals surface area contributed by atoms with Crippen LogP contribution in [-0.2, 0) is 16.2 Å². The number of rotatable bonds is 5. The summed E-state index contributed by atoms with van der Waals surface area (Å²) in [7, 11) is 0. The minimum absolute atomic E-state index is 0.305. The van der Waals surface area contributed by atoms with Crippen LogP contribution in [0.5, 0.6) is 0 Å². The maximum Gasteiger partial charge on any atom is 0.267 e. The Bertz CT molecular complexity index is 566. The summed E-state index contributed by atoms with van der Waals surface area (Å²) in [4.78, 5) is 17.5. The molecule has 1 N–H and O–H groups in total. The smallest absolute Gasteiger partial charge is 0.267 e. The lowest BCUT2D eigenvalue weighted by Gasteiger charge is -2.03. The van der Waals surface area contributed by atoms with Gasteiger partial charge in [0, 0.05) is 11.0 Å². The monoisotopic (exact) mass is 293 g/mol. The van der Waals surface area contributed by atoms with Crippen LogP contribution in [0.3, 0.4) is 0 Å². The largest absolute Gasteiger partial charge is 0.269 e. The first-order valence-electron chi connectivity index (χ1n) is 5.63. The summed E-state index contributed by atoms with van der Waals surface area (Å²) in [6.45, 7) is 0.339. The summed E-state index contributed by atoms with van der Waals surface area (Å²) in [5.74, 6) is -0.305. The lowest BCUT2D eigenvalue weighted by atomic mass is 10.2. The fraction of sp³-hybridized carbons (Fsp3) is 0.0714. The number of thiophene rings is 1. The molecule has 1 aromatic carbocycles. The number of benzene rings is 1. The van der Waals surface area contributed by atoms with Gasteiger partial charge in [-0.15, -0.1) is 11.3 Å². The molecule has 0 atom stereocenters. The molecule has 0 spiro atoms. The molecule has 0 aliphatic heterocycles. The fourth-order valence-electron chi connectivity index (χ4n) is 1.37. The molecule has 0 unspecified atom stereocenters. The molecule has 2 aromatic rings. The highest BCUT2D eigenvalue weighted by Crippen LogP contribution is 2.22. The molecule has 98 valence electrons. The number of nitrogens with one attached hydrogen (secondary N) is 1. The van der Waals surface area contributed by atoms with Gasteiger partial charge in [-0.2, -0.15) is 0 Å². The lowest BCUT2D eigenvalue weighted by Crippen LogP contribution is -2.21. The van der Waals surface area contributed by atoms with Crippen molar-refractivity contribution >= 4 is 34.9 Å². The average Bonchev–Trinajstić information content (AvgIpc) is 2.83. The Labute approximate surface area is 120 Å². The summed E-state index contributed by atoms with van der Waals surface area (Å²) >= 11 is 7.19. The summed E-state index contributed by atoms with van der Waals surface area (Å²) in [6, 6.07) is 13.3. The molecule has 3 nitrogen and oxygen atoms in total. The van der Waals surface area contributed by atoms with Gasteiger partial charge in [0.1, 0.15) is 0 Å². The molecule has 0 aliphatic carbocycles. The van der Waals surface area contributed by atoms with Crippen molar-refractivity contribution in [3.8, 4) is 0 Å². The standard InChI is InChI=1S/C14H12ClNO2S/c15-13-8-6-12(19-13)7-9-14(17)16-18-10-11-4-2-1-3-5-11/h1-9H,10H2,(H,16,17). The second-order valence-corrected chi connectivity index (χ2v) is 5.46. The predicted molar refractivity (Wildman–Crippen MR) is 77.7 cm³/mol. The highest BCUT2D eigenvalue weighted by molar-refractivity contribution is 7.17. The Morgan fingerprint density at radius 1 is 1.26 bits per heavy atom. The molecule has 0 bridgehead atoms. The van der Waals surface area contributed by atoms with Gasteiger partial charge in [0.25, 0.3) is 5.91 Å². The van der Waals surface area contributed by atoms with E-state index in [4.69, 9.17) is 16.4 Å². The molecule has 0 radical (unpaired) electrons. The van der Waals surface area contributed by atoms with Crippen LogP contribution in [0.2, 0.25) is 4.34 Å². The van der Waals surface area contributed by atoms with E-state index in [2.05, 4.69) is 5.48 Å². The summed E-state index contributed by atoms with van der Waals surface area (Å²) in [5, 5.41) is 0. The SMILES string of the molecule is O=C(C=Cc1ccc(Cl)s1)NOCc1ccccc1. The van der Waals surface area contributed by atoms with Crippen molar-refractivity contribution in [2.24, 2.45) is 0 Å². The van der Waals surface area contributed by atoms with Crippen molar-refractivity contribution in [1.82, 2.24) is 5.48 Å². The van der Waals surface area contributed by atoms with E-state index in [-0.39, 0.29) is 5.91 Å². The molecular formula is C14H12ClNO2S. The molecule has 0 aliphatic rings. The van der Waals surface area contributed by atoms with E-state index in [1.807, 2.05) is 36.4 Å². The number of carbonyl (C=O) groups is 1. The zero-order valence-corrected chi connectivity index (χ0v) is 11.6. The van der Waals surface area contributed by atoms with Crippen molar-refractivity contribution in [3.05, 3.63) is 63.3 Å². The van der Waals surface area contributed by atoms with Gasteiger partial charge in [0.2, 0.25) is 0 Å². The second-order valence-electron chi connectivity index (χ2n) is 3.72. The van der Waals surface area contributed by atoms with Crippen molar-refractivity contribution in [2.45, 2.75) is 6.61 Å². The zero-order chi connectivity index (χ0) is 13.5. The first kappa shape index (κ1) is 13.8. The Balaban J connectivity index is 1.74. The number of halogens is 1. The van der Waals surface area contributed by atoms with Crippen molar-refractivity contribution in [1.29, 1.82) is 0 Å². The third kappa shape index (κ3) is 4.87. The molecule has 1 heterocycles. The van der Waals surface area contributed by atoms with Crippen LogP contribution in [0.1, 0.15) is 10.4 Å². The number of carbonyl (C=O) groups excluding carboxylic acids is 1. The summed E-state index contributed by atoms with van der Waals surface area (Å²) in [6.07, 6.45) is 3.10. The van der Waals surface area contributed by atoms with Crippen molar-refractivity contribution < 1.29 is 9.63 Å². The van der Waals surface area contributed by atoms with Crippen LogP contribution in [0.15, 0.2) is 48.5 Å². The molecule has 5 heteroatoms.